The number of thioether (sulfide) groups is 2. The SMILES string of the molecule is COC(=O)[C@@H]1CCC[C@@H]2SCC[C@H](NC(=O)[C@H](CC[C@H](Cc3ccccc3)C(=O)N[C@H]3CCS[C@H]4CC[C@@H](C(F)(F)F)CN4C3=O)Cc3ccccc3)C(=O)N21. The first-order valence-corrected chi connectivity index (χ1v) is 21.7. The summed E-state index contributed by atoms with van der Waals surface area (Å²) in [5.41, 5.74) is 1.80. The molecule has 8 atom stereocenters. The highest BCUT2D eigenvalue weighted by Crippen LogP contribution is 2.40. The van der Waals surface area contributed by atoms with Gasteiger partial charge in [0, 0.05) is 18.4 Å². The number of hydrogen-bond acceptors (Lipinski definition) is 8. The third-order valence-electron chi connectivity index (χ3n) is 11.5. The summed E-state index contributed by atoms with van der Waals surface area (Å²) in [4.78, 5) is 71.9. The van der Waals surface area contributed by atoms with Crippen LogP contribution >= 0.6 is 23.5 Å². The molecule has 4 saturated heterocycles. The number of ether oxygens (including phenoxy) is 1. The first kappa shape index (κ1) is 41.9. The van der Waals surface area contributed by atoms with Crippen molar-refractivity contribution in [1.29, 1.82) is 0 Å². The number of rotatable bonds is 12. The van der Waals surface area contributed by atoms with Gasteiger partial charge in [-0.3, -0.25) is 19.2 Å². The van der Waals surface area contributed by atoms with E-state index in [0.29, 0.717) is 43.6 Å². The van der Waals surface area contributed by atoms with Crippen LogP contribution in [-0.2, 0) is 41.6 Å². The van der Waals surface area contributed by atoms with E-state index in [9.17, 15) is 37.1 Å². The van der Waals surface area contributed by atoms with Crippen molar-refractivity contribution in [3.8, 4) is 0 Å². The number of amides is 4. The molecule has 4 aliphatic heterocycles. The Hall–Kier alpha value is -3.72. The molecule has 2 aromatic rings. The van der Waals surface area contributed by atoms with Crippen molar-refractivity contribution in [3.05, 3.63) is 71.8 Å². The second kappa shape index (κ2) is 19.1. The second-order valence-electron chi connectivity index (χ2n) is 15.2. The van der Waals surface area contributed by atoms with Gasteiger partial charge in [-0.25, -0.2) is 4.79 Å². The number of hydrogen-bond donors (Lipinski definition) is 2. The first-order chi connectivity index (χ1) is 26.9. The Morgan fingerprint density at radius 1 is 0.750 bits per heavy atom. The van der Waals surface area contributed by atoms with Crippen molar-refractivity contribution in [2.75, 3.05) is 25.2 Å². The molecule has 4 heterocycles. The summed E-state index contributed by atoms with van der Waals surface area (Å²) in [5.74, 6) is -3.69. The number of carbonyl (C=O) groups is 5. The van der Waals surface area contributed by atoms with Crippen molar-refractivity contribution in [1.82, 2.24) is 20.4 Å². The van der Waals surface area contributed by atoms with E-state index < -0.39 is 60.5 Å². The van der Waals surface area contributed by atoms with Crippen molar-refractivity contribution >= 4 is 53.1 Å². The maximum Gasteiger partial charge on any atom is 0.393 e. The Kier molecular flexibility index (Phi) is 14.3. The van der Waals surface area contributed by atoms with Crippen molar-refractivity contribution < 1.29 is 41.9 Å². The van der Waals surface area contributed by atoms with Crippen LogP contribution < -0.4 is 10.6 Å². The fourth-order valence-corrected chi connectivity index (χ4v) is 11.1. The standard InChI is InChI=1S/C41H51F3N4O6S2/c1-54-40(53)33-13-8-14-35-48(33)39(52)32(20-22-56-35)46-37(50)29(24-27-11-6-3-7-12-27)16-15-28(23-26-9-4-2-5-10-26)36(49)45-31-19-21-55-34-18-17-30(41(42,43)44)25-47(34)38(31)51/h2-7,9-12,28-35H,8,13-25H2,1H3,(H,45,49)(H,46,50)/t28-,29-,30-,31+,32+,33+,34+,35+/m1/s1. The van der Waals surface area contributed by atoms with E-state index in [1.807, 2.05) is 60.7 Å². The van der Waals surface area contributed by atoms with Crippen molar-refractivity contribution in [2.45, 2.75) is 106 Å². The lowest BCUT2D eigenvalue weighted by atomic mass is 9.86. The first-order valence-electron chi connectivity index (χ1n) is 19.6. The van der Waals surface area contributed by atoms with E-state index in [1.54, 1.807) is 16.7 Å². The van der Waals surface area contributed by atoms with Crippen LogP contribution in [0, 0.1) is 17.8 Å². The molecule has 2 aromatic carbocycles. The Bertz CT molecular complexity index is 1690. The molecule has 0 spiro atoms. The topological polar surface area (TPSA) is 125 Å². The number of benzene rings is 2. The maximum absolute atomic E-state index is 14.3. The number of piperidine rings is 2. The molecule has 2 N–H and O–H groups in total. The van der Waals surface area contributed by atoms with Gasteiger partial charge in [0.25, 0.3) is 0 Å². The van der Waals surface area contributed by atoms with Gasteiger partial charge in [0.15, 0.2) is 0 Å². The molecule has 0 aromatic heterocycles. The highest BCUT2D eigenvalue weighted by molar-refractivity contribution is 8.00. The minimum atomic E-state index is -4.41. The number of nitrogens with one attached hydrogen (secondary N) is 2. The molecule has 0 bridgehead atoms. The smallest absolute Gasteiger partial charge is 0.393 e. The van der Waals surface area contributed by atoms with E-state index >= 15 is 0 Å². The number of alkyl halides is 3. The van der Waals surface area contributed by atoms with E-state index in [-0.39, 0.29) is 54.2 Å². The normalized spacial score (nSPS) is 26.8. The van der Waals surface area contributed by atoms with E-state index in [1.165, 1.54) is 23.8 Å². The molecular formula is C41H51F3N4O6S2. The van der Waals surface area contributed by atoms with Gasteiger partial charge >= 0.3 is 12.1 Å². The van der Waals surface area contributed by atoms with Gasteiger partial charge in [0.2, 0.25) is 23.6 Å². The zero-order valence-corrected chi connectivity index (χ0v) is 33.2. The van der Waals surface area contributed by atoms with Crippen LogP contribution in [0.5, 0.6) is 0 Å². The summed E-state index contributed by atoms with van der Waals surface area (Å²) in [7, 11) is 1.31. The molecule has 6 rings (SSSR count). The molecule has 4 amide bonds. The fraction of sp³-hybridized carbons (Fsp3) is 0.585. The molecule has 304 valence electrons. The lowest BCUT2D eigenvalue weighted by Gasteiger charge is -2.40. The molecule has 0 radical (unpaired) electrons. The van der Waals surface area contributed by atoms with Gasteiger partial charge in [-0.05, 0) is 93.3 Å². The number of fused-ring (bicyclic) bond motifs is 2. The summed E-state index contributed by atoms with van der Waals surface area (Å²) in [6.45, 7) is -0.417. The molecule has 0 aliphatic carbocycles. The molecule has 4 fully saturated rings. The Labute approximate surface area is 334 Å². The number of esters is 1. The fourth-order valence-electron chi connectivity index (χ4n) is 8.38. The van der Waals surface area contributed by atoms with Gasteiger partial charge < -0.3 is 25.2 Å². The van der Waals surface area contributed by atoms with Crippen molar-refractivity contribution in [3.63, 3.8) is 0 Å². The number of halogens is 3. The summed E-state index contributed by atoms with van der Waals surface area (Å²) >= 11 is 3.07. The largest absolute Gasteiger partial charge is 0.467 e. The average Bonchev–Trinajstić information content (AvgIpc) is 3.45. The van der Waals surface area contributed by atoms with Gasteiger partial charge in [0.05, 0.1) is 23.8 Å². The third kappa shape index (κ3) is 10.4. The van der Waals surface area contributed by atoms with Crippen LogP contribution in [0.15, 0.2) is 60.7 Å². The molecule has 4 aliphatic rings. The number of carbonyl (C=O) groups excluding carboxylic acids is 5. The summed E-state index contributed by atoms with van der Waals surface area (Å²) in [6.07, 6.45) is -0.194. The van der Waals surface area contributed by atoms with Crippen LogP contribution in [0.1, 0.15) is 68.9 Å². The predicted molar refractivity (Wildman–Crippen MR) is 209 cm³/mol. The minimum absolute atomic E-state index is 0.0283. The lowest BCUT2D eigenvalue weighted by molar-refractivity contribution is -0.189. The van der Waals surface area contributed by atoms with Gasteiger partial charge in [-0.2, -0.15) is 13.2 Å². The van der Waals surface area contributed by atoms with Gasteiger partial charge in [-0.15, -0.1) is 23.5 Å². The summed E-state index contributed by atoms with van der Waals surface area (Å²) in [6, 6.07) is 16.4. The molecule has 15 heteroatoms. The third-order valence-corrected chi connectivity index (χ3v) is 14.2. The Morgan fingerprint density at radius 2 is 1.29 bits per heavy atom. The zero-order chi connectivity index (χ0) is 39.8. The highest BCUT2D eigenvalue weighted by atomic mass is 32.2. The predicted octanol–water partition coefficient (Wildman–Crippen LogP) is 5.74. The Balaban J connectivity index is 1.19. The highest BCUT2D eigenvalue weighted by Gasteiger charge is 2.48. The van der Waals surface area contributed by atoms with Gasteiger partial charge in [0.1, 0.15) is 18.1 Å². The number of methoxy groups -OCH3 is 1. The molecule has 56 heavy (non-hydrogen) atoms. The van der Waals surface area contributed by atoms with E-state index in [0.717, 1.165) is 24.0 Å². The minimum Gasteiger partial charge on any atom is -0.467 e. The summed E-state index contributed by atoms with van der Waals surface area (Å²) < 4.78 is 46.2. The lowest BCUT2D eigenvalue weighted by Crippen LogP contribution is -2.57. The van der Waals surface area contributed by atoms with Crippen molar-refractivity contribution in [2.24, 2.45) is 17.8 Å². The summed E-state index contributed by atoms with van der Waals surface area (Å²) in [5, 5.41) is 5.43. The van der Waals surface area contributed by atoms with Gasteiger partial charge in [-0.1, -0.05) is 60.7 Å². The van der Waals surface area contributed by atoms with E-state index in [4.69, 9.17) is 4.74 Å². The quantitative estimate of drug-likeness (QED) is 0.261. The average molecular weight is 817 g/mol. The maximum atomic E-state index is 14.3. The Morgan fingerprint density at radius 3 is 1.82 bits per heavy atom. The van der Waals surface area contributed by atoms with Crippen LogP contribution in [0.2, 0.25) is 0 Å². The van der Waals surface area contributed by atoms with E-state index in [2.05, 4.69) is 10.6 Å². The van der Waals surface area contributed by atoms with Crippen LogP contribution in [0.4, 0.5) is 13.2 Å². The molecular weight excluding hydrogens is 766 g/mol. The zero-order valence-electron chi connectivity index (χ0n) is 31.6. The second-order valence-corrected chi connectivity index (χ2v) is 17.8. The van der Waals surface area contributed by atoms with Crippen LogP contribution in [0.3, 0.4) is 0 Å². The van der Waals surface area contributed by atoms with Crippen LogP contribution in [-0.4, -0.2) is 99.6 Å². The molecule has 0 unspecified atom stereocenters. The van der Waals surface area contributed by atoms with Crippen LogP contribution in [0.25, 0.3) is 0 Å². The number of nitrogens with zero attached hydrogens (tertiary/aromatic N) is 2. The molecule has 0 saturated carbocycles. The monoisotopic (exact) mass is 816 g/mol. The molecule has 10 nitrogen and oxygen atoms in total.